The Morgan fingerprint density at radius 2 is 2.06 bits per heavy atom. The third-order valence-corrected chi connectivity index (χ3v) is 6.36. The van der Waals surface area contributed by atoms with E-state index in [9.17, 15) is 4.79 Å². The van der Waals surface area contributed by atoms with E-state index in [1.807, 2.05) is 51.2 Å². The number of para-hydroxylation sites is 1. The van der Waals surface area contributed by atoms with Crippen LogP contribution in [0.2, 0.25) is 0 Å². The van der Waals surface area contributed by atoms with Gasteiger partial charge >= 0.3 is 6.09 Å². The number of benzene rings is 1. The van der Waals surface area contributed by atoms with Crippen molar-refractivity contribution in [1.29, 1.82) is 0 Å². The lowest BCUT2D eigenvalue weighted by atomic mass is 9.90. The average Bonchev–Trinajstić information content (AvgIpc) is 3.20. The van der Waals surface area contributed by atoms with Crippen LogP contribution in [-0.4, -0.2) is 51.3 Å². The summed E-state index contributed by atoms with van der Waals surface area (Å²) in [6, 6.07) is 9.95. The maximum Gasteiger partial charge on any atom is 0.420 e. The number of carbonyl (C=O) groups is 1. The van der Waals surface area contributed by atoms with Crippen LogP contribution in [0.3, 0.4) is 0 Å². The van der Waals surface area contributed by atoms with Crippen LogP contribution < -0.4 is 10.5 Å². The van der Waals surface area contributed by atoms with Gasteiger partial charge in [-0.2, -0.15) is 0 Å². The van der Waals surface area contributed by atoms with Gasteiger partial charge in [-0.05, 0) is 89.7 Å². The lowest BCUT2D eigenvalue weighted by molar-refractivity contribution is 0.0530. The summed E-state index contributed by atoms with van der Waals surface area (Å²) >= 11 is 0. The number of fused-ring (bicyclic) bond motifs is 2. The molecule has 1 aromatic carbocycles. The van der Waals surface area contributed by atoms with Gasteiger partial charge in [0.2, 0.25) is 0 Å². The van der Waals surface area contributed by atoms with E-state index in [1.54, 1.807) is 11.7 Å². The van der Waals surface area contributed by atoms with E-state index in [0.717, 1.165) is 44.3 Å². The van der Waals surface area contributed by atoms with Gasteiger partial charge in [0.1, 0.15) is 22.7 Å². The van der Waals surface area contributed by atoms with Gasteiger partial charge in [-0.3, -0.25) is 9.88 Å². The summed E-state index contributed by atoms with van der Waals surface area (Å²) in [6.07, 6.45) is 6.50. The summed E-state index contributed by atoms with van der Waals surface area (Å²) in [7, 11) is 1.62. The summed E-state index contributed by atoms with van der Waals surface area (Å²) in [5.74, 6) is 1.26. The molecule has 0 fully saturated rings. The molecular formula is C27H37N5O3. The molecule has 35 heavy (non-hydrogen) atoms. The van der Waals surface area contributed by atoms with Crippen LogP contribution in [-0.2, 0) is 17.7 Å². The van der Waals surface area contributed by atoms with Crippen LogP contribution in [0.4, 0.5) is 4.79 Å². The number of nitrogens with zero attached hydrogens (tertiary/aromatic N) is 4. The van der Waals surface area contributed by atoms with Crippen LogP contribution in [0.1, 0.15) is 69.6 Å². The predicted octanol–water partition coefficient (Wildman–Crippen LogP) is 4.84. The maximum atomic E-state index is 13.4. The minimum atomic E-state index is -0.628. The molecule has 0 radical (unpaired) electrons. The van der Waals surface area contributed by atoms with Gasteiger partial charge in [0, 0.05) is 6.20 Å². The minimum absolute atomic E-state index is 0.159. The largest absolute Gasteiger partial charge is 0.494 e. The second-order valence-corrected chi connectivity index (χ2v) is 10.1. The van der Waals surface area contributed by atoms with Gasteiger partial charge in [0.15, 0.2) is 0 Å². The molecule has 2 aromatic heterocycles. The number of pyridine rings is 1. The SMILES string of the molecule is COc1cccc2c1nc(CN(CCCCN)C1CCCc3cccnc31)n2C(=O)OC(C)(C)C. The number of nitrogens with two attached hydrogens (primary N) is 1. The van der Waals surface area contributed by atoms with E-state index in [1.165, 1.54) is 5.56 Å². The lowest BCUT2D eigenvalue weighted by Gasteiger charge is -2.35. The summed E-state index contributed by atoms with van der Waals surface area (Å²) in [4.78, 5) is 25.4. The van der Waals surface area contributed by atoms with Crippen LogP contribution in [0.15, 0.2) is 36.5 Å². The Morgan fingerprint density at radius 1 is 1.23 bits per heavy atom. The monoisotopic (exact) mass is 479 g/mol. The predicted molar refractivity (Wildman–Crippen MR) is 137 cm³/mol. The number of ether oxygens (including phenoxy) is 2. The normalized spacial score (nSPS) is 15.9. The summed E-state index contributed by atoms with van der Waals surface area (Å²) in [5, 5.41) is 0. The molecule has 1 aliphatic carbocycles. The van der Waals surface area contributed by atoms with Crippen LogP contribution in [0, 0.1) is 0 Å². The minimum Gasteiger partial charge on any atom is -0.494 e. The van der Waals surface area contributed by atoms with Crippen molar-refractivity contribution in [2.24, 2.45) is 5.73 Å². The molecule has 2 N–H and O–H groups in total. The first-order valence-corrected chi connectivity index (χ1v) is 12.5. The van der Waals surface area contributed by atoms with Crippen molar-refractivity contribution in [3.05, 3.63) is 53.6 Å². The van der Waals surface area contributed by atoms with Crippen molar-refractivity contribution in [2.75, 3.05) is 20.2 Å². The van der Waals surface area contributed by atoms with Crippen LogP contribution in [0.5, 0.6) is 5.75 Å². The third-order valence-electron chi connectivity index (χ3n) is 6.36. The second kappa shape index (κ2) is 10.7. The quantitative estimate of drug-likeness (QED) is 0.462. The van der Waals surface area contributed by atoms with Crippen molar-refractivity contribution in [1.82, 2.24) is 19.4 Å². The molecule has 0 amide bonds. The highest BCUT2D eigenvalue weighted by atomic mass is 16.6. The van der Waals surface area contributed by atoms with Gasteiger partial charge in [-0.15, -0.1) is 0 Å². The lowest BCUT2D eigenvalue weighted by Crippen LogP contribution is -2.35. The Bertz CT molecular complexity index is 1170. The molecule has 3 aromatic rings. The van der Waals surface area contributed by atoms with Gasteiger partial charge in [0.25, 0.3) is 0 Å². The molecule has 2 heterocycles. The molecule has 0 bridgehead atoms. The maximum absolute atomic E-state index is 13.4. The highest BCUT2D eigenvalue weighted by Crippen LogP contribution is 2.35. The standard InChI is InChI=1S/C27H37N5O3/c1-27(2,3)35-26(33)32-21-13-8-14-22(34-4)25(21)30-23(32)18-31(17-6-5-15-28)20-12-7-10-19-11-9-16-29-24(19)20/h8-9,11,13-14,16,20H,5-7,10,12,15,17-18,28H2,1-4H3. The average molecular weight is 480 g/mol. The summed E-state index contributed by atoms with van der Waals surface area (Å²) < 4.78 is 12.9. The molecule has 188 valence electrons. The zero-order valence-corrected chi connectivity index (χ0v) is 21.3. The summed E-state index contributed by atoms with van der Waals surface area (Å²) in [5.41, 5.74) is 8.94. The van der Waals surface area contributed by atoms with Crippen molar-refractivity contribution in [3.63, 3.8) is 0 Å². The van der Waals surface area contributed by atoms with Crippen molar-refractivity contribution in [3.8, 4) is 5.75 Å². The van der Waals surface area contributed by atoms with Gasteiger partial charge in [-0.1, -0.05) is 12.1 Å². The van der Waals surface area contributed by atoms with E-state index in [4.69, 9.17) is 25.2 Å². The molecule has 1 atom stereocenters. The number of hydrogen-bond acceptors (Lipinski definition) is 7. The molecule has 0 aliphatic heterocycles. The van der Waals surface area contributed by atoms with Gasteiger partial charge in [0.05, 0.1) is 30.9 Å². The van der Waals surface area contributed by atoms with E-state index >= 15 is 0 Å². The first-order chi connectivity index (χ1) is 16.8. The van der Waals surface area contributed by atoms with Crippen molar-refractivity contribution < 1.29 is 14.3 Å². The van der Waals surface area contributed by atoms with E-state index in [2.05, 4.69) is 11.0 Å². The number of rotatable bonds is 8. The van der Waals surface area contributed by atoms with Crippen molar-refractivity contribution in [2.45, 2.75) is 71.1 Å². The smallest absolute Gasteiger partial charge is 0.420 e. The number of aromatic nitrogens is 3. The molecule has 0 spiro atoms. The molecule has 0 saturated carbocycles. The number of unbranched alkanes of at least 4 members (excludes halogenated alkanes) is 1. The van der Waals surface area contributed by atoms with Crippen LogP contribution >= 0.6 is 0 Å². The van der Waals surface area contributed by atoms with E-state index in [0.29, 0.717) is 35.7 Å². The first-order valence-electron chi connectivity index (χ1n) is 12.5. The van der Waals surface area contributed by atoms with Crippen molar-refractivity contribution >= 4 is 17.1 Å². The molecule has 0 saturated heterocycles. The van der Waals surface area contributed by atoms with Crippen LogP contribution in [0.25, 0.3) is 11.0 Å². The molecule has 1 aliphatic rings. The third kappa shape index (κ3) is 5.65. The number of carbonyl (C=O) groups excluding carboxylic acids is 1. The highest BCUT2D eigenvalue weighted by Gasteiger charge is 2.30. The fourth-order valence-electron chi connectivity index (χ4n) is 4.83. The van der Waals surface area contributed by atoms with Gasteiger partial charge in [-0.25, -0.2) is 14.3 Å². The Balaban J connectivity index is 1.77. The molecular weight excluding hydrogens is 442 g/mol. The molecule has 1 unspecified atom stereocenters. The fourth-order valence-corrected chi connectivity index (χ4v) is 4.83. The Labute approximate surface area is 207 Å². The molecule has 8 heteroatoms. The topological polar surface area (TPSA) is 95.5 Å². The number of imidazole rings is 1. The zero-order valence-electron chi connectivity index (χ0n) is 21.3. The Kier molecular flexibility index (Phi) is 7.72. The first kappa shape index (κ1) is 25.1. The molecule has 8 nitrogen and oxygen atoms in total. The molecule has 4 rings (SSSR count). The number of methoxy groups -OCH3 is 1. The second-order valence-electron chi connectivity index (χ2n) is 10.1. The summed E-state index contributed by atoms with van der Waals surface area (Å²) in [6.45, 7) is 7.59. The fraction of sp³-hybridized carbons (Fsp3) is 0.519. The Morgan fingerprint density at radius 3 is 2.80 bits per heavy atom. The van der Waals surface area contributed by atoms with Gasteiger partial charge < -0.3 is 15.2 Å². The highest BCUT2D eigenvalue weighted by molar-refractivity contribution is 5.91. The Hall–Kier alpha value is -2.97. The number of aryl methyl sites for hydroxylation is 1. The van der Waals surface area contributed by atoms with E-state index < -0.39 is 11.7 Å². The number of hydrogen-bond donors (Lipinski definition) is 1. The zero-order chi connectivity index (χ0) is 25.0. The van der Waals surface area contributed by atoms with E-state index in [-0.39, 0.29) is 6.04 Å².